The van der Waals surface area contributed by atoms with E-state index in [1.807, 2.05) is 4.98 Å². The zero-order chi connectivity index (χ0) is 31.6. The van der Waals surface area contributed by atoms with Crippen molar-refractivity contribution in [2.24, 2.45) is 7.05 Å². The van der Waals surface area contributed by atoms with Crippen LogP contribution in [0.4, 0.5) is 4.79 Å². The predicted molar refractivity (Wildman–Crippen MR) is 144 cm³/mol. The summed E-state index contributed by atoms with van der Waals surface area (Å²) in [5.74, 6) is -2.55. The Morgan fingerprint density at radius 2 is 1.51 bits per heavy atom. The minimum atomic E-state index is -1.50. The van der Waals surface area contributed by atoms with Crippen molar-refractivity contribution in [2.75, 3.05) is 0 Å². The fourth-order valence-electron chi connectivity index (χ4n) is 2.19. The molecule has 2 aliphatic heterocycles. The number of nitrogens with one attached hydrogen (secondary N) is 5. The Balaban J connectivity index is 0.000000256. The second-order valence-electron chi connectivity index (χ2n) is 7.47. The minimum Gasteiger partial charge on any atom is -0.505 e. The van der Waals surface area contributed by atoms with Crippen LogP contribution < -0.4 is 31.2 Å². The van der Waals surface area contributed by atoms with Crippen LogP contribution in [0.5, 0.6) is 11.8 Å². The predicted octanol–water partition coefficient (Wildman–Crippen LogP) is -0.864. The van der Waals surface area contributed by atoms with Crippen molar-refractivity contribution in [1.82, 2.24) is 28.9 Å². The van der Waals surface area contributed by atoms with Gasteiger partial charge < -0.3 is 34.9 Å². The smallest absolute Gasteiger partial charge is 0.419 e. The summed E-state index contributed by atoms with van der Waals surface area (Å²) < 4.78 is 22.8. The molecule has 19 nitrogen and oxygen atoms in total. The average molecular weight is 643 g/mol. The Morgan fingerprint density at radius 1 is 0.902 bits per heavy atom. The van der Waals surface area contributed by atoms with Crippen molar-refractivity contribution < 1.29 is 43.4 Å². The van der Waals surface area contributed by atoms with Crippen LogP contribution in [0.3, 0.4) is 0 Å². The number of rotatable bonds is 0. The van der Waals surface area contributed by atoms with Crippen molar-refractivity contribution in [3.63, 3.8) is 0 Å². The summed E-state index contributed by atoms with van der Waals surface area (Å²) in [6.45, 7) is 6.37. The number of hydrogen-bond acceptors (Lipinski definition) is 15. The number of aromatic nitrogens is 4. The van der Waals surface area contributed by atoms with Gasteiger partial charge in [-0.1, -0.05) is 11.3 Å². The van der Waals surface area contributed by atoms with Crippen molar-refractivity contribution >= 4 is 45.1 Å². The lowest BCUT2D eigenvalue weighted by molar-refractivity contribution is -0.141. The molecule has 0 aromatic carbocycles. The zero-order valence-corrected chi connectivity index (χ0v) is 24.2. The van der Waals surface area contributed by atoms with Crippen LogP contribution in [0.15, 0.2) is 35.1 Å². The topological polar surface area (TPSA) is 299 Å². The van der Waals surface area contributed by atoms with Gasteiger partial charge in [0.2, 0.25) is 17.5 Å². The summed E-state index contributed by atoms with van der Waals surface area (Å²) in [6.07, 6.45) is -0.846. The minimum absolute atomic E-state index is 0.0139. The van der Waals surface area contributed by atoms with Crippen molar-refractivity contribution in [3.05, 3.63) is 62.5 Å². The summed E-state index contributed by atoms with van der Waals surface area (Å²) >= 11 is 1.87. The van der Waals surface area contributed by atoms with E-state index in [1.54, 1.807) is 13.8 Å². The Hall–Kier alpha value is -4.41. The third kappa shape index (κ3) is 11.3. The van der Waals surface area contributed by atoms with E-state index in [-0.39, 0.29) is 44.9 Å². The number of carbonyl (C=O) groups excluding carboxylic acids is 2. The number of thiazole rings is 1. The van der Waals surface area contributed by atoms with Gasteiger partial charge in [0.15, 0.2) is 28.6 Å². The molecule has 3 atom stereocenters. The first-order valence-electron chi connectivity index (χ1n) is 10.8. The Labute approximate surface area is 238 Å². The monoisotopic (exact) mass is 642 g/mol. The lowest BCUT2D eigenvalue weighted by atomic mass is 10.3. The van der Waals surface area contributed by atoms with Gasteiger partial charge in [0.05, 0.1) is 11.0 Å². The number of cyclic esters (lactones) is 1. The average Bonchev–Trinajstić information content (AvgIpc) is 3.58. The molecular formula is C19H26N6O13S3. The number of H-pyrrole nitrogens is 3. The third-order valence-electron chi connectivity index (χ3n) is 4.21. The van der Waals surface area contributed by atoms with Crippen molar-refractivity contribution in [1.29, 1.82) is 0 Å². The molecule has 41 heavy (non-hydrogen) atoms. The molecule has 5 rings (SSSR count). The quantitative estimate of drug-likeness (QED) is 0.135. The normalized spacial score (nSPS) is 18.8. The van der Waals surface area contributed by atoms with E-state index in [4.69, 9.17) is 20.4 Å². The first kappa shape index (κ1) is 34.6. The number of amides is 1. The van der Waals surface area contributed by atoms with Crippen LogP contribution >= 0.6 is 22.9 Å². The molecule has 0 radical (unpaired) electrons. The van der Waals surface area contributed by atoms with E-state index in [0.29, 0.717) is 4.88 Å². The maximum Gasteiger partial charge on any atom is 0.419 e. The van der Waals surface area contributed by atoms with Crippen molar-refractivity contribution in [2.45, 2.75) is 40.0 Å². The van der Waals surface area contributed by atoms with Crippen LogP contribution in [-0.4, -0.2) is 67.0 Å². The molecule has 3 aromatic rings. The van der Waals surface area contributed by atoms with Crippen LogP contribution in [0.1, 0.15) is 24.5 Å². The lowest BCUT2D eigenvalue weighted by Gasteiger charge is -1.98. The number of oxazole rings is 1. The number of aryl methyl sites for hydroxylation is 3. The number of nitrogens with zero attached hydrogens (tertiary/aromatic N) is 1. The summed E-state index contributed by atoms with van der Waals surface area (Å²) in [5.41, 5.74) is -0.347. The summed E-state index contributed by atoms with van der Waals surface area (Å²) in [4.78, 5) is 68.1. The zero-order valence-electron chi connectivity index (χ0n) is 21.8. The summed E-state index contributed by atoms with van der Waals surface area (Å²) in [5, 5.41) is 36.6. The van der Waals surface area contributed by atoms with Gasteiger partial charge in [0.25, 0.3) is 0 Å². The summed E-state index contributed by atoms with van der Waals surface area (Å²) in [7, 11) is 0.0350. The van der Waals surface area contributed by atoms with Gasteiger partial charge in [-0.05, 0) is 27.7 Å². The van der Waals surface area contributed by atoms with Gasteiger partial charge in [0.1, 0.15) is 0 Å². The molecule has 228 valence electrons. The fraction of sp³-hybridized carbons (Fsp3) is 0.368. The molecular weight excluding hydrogens is 616 g/mol. The van der Waals surface area contributed by atoms with Gasteiger partial charge in [-0.2, -0.15) is 0 Å². The van der Waals surface area contributed by atoms with Gasteiger partial charge in [-0.15, -0.1) is 0 Å². The Bertz CT molecular complexity index is 1520. The van der Waals surface area contributed by atoms with E-state index < -0.39 is 39.8 Å². The standard InChI is InChI=1S/C5H6O4.C4H5NO3.C4H5NO2S.C3H4N2O2S.C3H6N2O2S/c1-2-3(6)4(7)5(8)9-2;2*1-2-3(6)5-4(7)8-2;1-5-2(6)4-3(7)8-5;1-2-4-3(6)8(7)5-2/h2,6-7H,1H3;2*6H,1H3,(H,5,7);1H3,(H,4,6,7);2,5H,1H3,(H,4,6). The SMILES string of the molecule is CC1NC(=O)S(=O)N1.CC1OC(=O)C(O)=C1O.Cc1oc(=O)[nH]c1O.Cc1sc(=O)[nH]c1O.Cn1sc(=O)[nH]c1=O. The van der Waals surface area contributed by atoms with Crippen LogP contribution in [0, 0.1) is 13.8 Å². The molecule has 0 aliphatic carbocycles. The Kier molecular flexibility index (Phi) is 13.0. The number of aromatic amines is 3. The number of hydrogen-bond donors (Lipinski definition) is 9. The van der Waals surface area contributed by atoms with E-state index in [0.717, 1.165) is 22.9 Å². The third-order valence-corrected chi connectivity index (χ3v) is 6.72. The second-order valence-corrected chi connectivity index (χ2v) is 10.9. The number of aromatic hydroxyl groups is 2. The van der Waals surface area contributed by atoms with Gasteiger partial charge in [-0.3, -0.25) is 29.3 Å². The molecule has 0 spiro atoms. The molecule has 3 unspecified atom stereocenters. The van der Waals surface area contributed by atoms with E-state index in [1.165, 1.54) is 24.9 Å². The van der Waals surface area contributed by atoms with Crippen LogP contribution in [-0.2, 0) is 27.6 Å². The van der Waals surface area contributed by atoms with Gasteiger partial charge in [0, 0.05) is 18.6 Å². The molecule has 3 aromatic heterocycles. The fourth-order valence-corrected chi connectivity index (χ4v) is 4.05. The molecule has 1 saturated heterocycles. The molecule has 1 fully saturated rings. The highest BCUT2D eigenvalue weighted by Gasteiger charge is 2.30. The highest BCUT2D eigenvalue weighted by molar-refractivity contribution is 7.98. The maximum atomic E-state index is 10.4. The first-order chi connectivity index (χ1) is 18.9. The molecule has 22 heteroatoms. The highest BCUT2D eigenvalue weighted by Crippen LogP contribution is 2.16. The number of aliphatic hydroxyl groups excluding tert-OH is 2. The molecule has 1 amide bonds. The van der Waals surface area contributed by atoms with Crippen molar-refractivity contribution in [3.8, 4) is 11.8 Å². The number of aliphatic hydroxyl groups is 2. The van der Waals surface area contributed by atoms with Gasteiger partial charge >= 0.3 is 32.4 Å². The molecule has 5 heterocycles. The van der Waals surface area contributed by atoms with Crippen LogP contribution in [0.2, 0.25) is 0 Å². The van der Waals surface area contributed by atoms with Crippen LogP contribution in [0.25, 0.3) is 0 Å². The largest absolute Gasteiger partial charge is 0.505 e. The van der Waals surface area contributed by atoms with E-state index in [2.05, 4.69) is 29.2 Å². The Morgan fingerprint density at radius 3 is 1.63 bits per heavy atom. The molecule has 0 bridgehead atoms. The molecule has 9 N–H and O–H groups in total. The second kappa shape index (κ2) is 15.4. The number of esters is 1. The molecule has 0 saturated carbocycles. The highest BCUT2D eigenvalue weighted by atomic mass is 32.2. The first-order valence-corrected chi connectivity index (χ1v) is 13.5. The van der Waals surface area contributed by atoms with Gasteiger partial charge in [-0.25, -0.2) is 27.3 Å². The van der Waals surface area contributed by atoms with E-state index in [9.17, 15) is 33.0 Å². The number of ether oxygens (including phenoxy) is 1. The van der Waals surface area contributed by atoms with E-state index >= 15 is 0 Å². The maximum absolute atomic E-state index is 10.4. The number of carbonyl (C=O) groups is 2. The molecule has 2 aliphatic rings. The lowest BCUT2D eigenvalue weighted by Crippen LogP contribution is -2.27. The summed E-state index contributed by atoms with van der Waals surface area (Å²) in [6, 6.07) is 0.